The lowest BCUT2D eigenvalue weighted by Gasteiger charge is -2.09. The molecule has 1 amide bonds. The number of nitrogen functional groups attached to an aromatic ring is 1. The third kappa shape index (κ3) is 4.31. The molecule has 0 saturated heterocycles. The number of halogens is 3. The minimum atomic E-state index is -4.49. The maximum absolute atomic E-state index is 11.7. The fraction of sp³-hybridized carbons (Fsp3) is 0.300. The first-order chi connectivity index (χ1) is 7.79. The molecule has 7 heteroatoms. The fourth-order valence-corrected chi connectivity index (χ4v) is 1.02. The summed E-state index contributed by atoms with van der Waals surface area (Å²) in [6.07, 6.45) is -4.49. The van der Waals surface area contributed by atoms with Crippen molar-refractivity contribution < 1.29 is 22.8 Å². The zero-order chi connectivity index (χ0) is 13.1. The van der Waals surface area contributed by atoms with Crippen molar-refractivity contribution in [3.63, 3.8) is 0 Å². The molecule has 0 aliphatic heterocycles. The van der Waals surface area contributed by atoms with Crippen LogP contribution < -0.4 is 11.2 Å². The Balaban J connectivity index is 2.56. The Morgan fingerprint density at radius 1 is 1.47 bits per heavy atom. The van der Waals surface area contributed by atoms with Gasteiger partial charge in [0.2, 0.25) is 0 Å². The van der Waals surface area contributed by atoms with Gasteiger partial charge in [-0.05, 0) is 24.6 Å². The minimum Gasteiger partial charge on any atom is -0.398 e. The van der Waals surface area contributed by atoms with Gasteiger partial charge in [-0.1, -0.05) is 6.07 Å². The Hall–Kier alpha value is -1.76. The van der Waals surface area contributed by atoms with E-state index in [1.807, 2.05) is 0 Å². The van der Waals surface area contributed by atoms with Crippen LogP contribution in [0.2, 0.25) is 0 Å². The molecule has 1 rings (SSSR count). The van der Waals surface area contributed by atoms with Crippen molar-refractivity contribution in [3.05, 3.63) is 29.3 Å². The van der Waals surface area contributed by atoms with Crippen LogP contribution in [0.25, 0.3) is 0 Å². The van der Waals surface area contributed by atoms with Gasteiger partial charge in [0.05, 0.1) is 0 Å². The van der Waals surface area contributed by atoms with Gasteiger partial charge >= 0.3 is 6.18 Å². The van der Waals surface area contributed by atoms with Crippen molar-refractivity contribution in [1.29, 1.82) is 0 Å². The molecule has 3 N–H and O–H groups in total. The standard InChI is InChI=1S/C10H11F3N2O2/c1-6-2-3-7(4-8(6)14)9(16)15-17-5-10(11,12)13/h2-4H,5,14H2,1H3,(H,15,16). The lowest BCUT2D eigenvalue weighted by molar-refractivity contribution is -0.184. The quantitative estimate of drug-likeness (QED) is 0.633. The Bertz CT molecular complexity index is 419. The van der Waals surface area contributed by atoms with Crippen LogP contribution in [0.4, 0.5) is 18.9 Å². The summed E-state index contributed by atoms with van der Waals surface area (Å²) in [5.41, 5.74) is 8.54. The molecule has 0 saturated carbocycles. The molecule has 0 bridgehead atoms. The second-order valence-corrected chi connectivity index (χ2v) is 3.41. The summed E-state index contributed by atoms with van der Waals surface area (Å²) < 4.78 is 35.2. The summed E-state index contributed by atoms with van der Waals surface area (Å²) in [5, 5.41) is 0. The number of carbonyl (C=O) groups is 1. The molecular formula is C10H11F3N2O2. The number of benzene rings is 1. The normalized spacial score (nSPS) is 11.3. The van der Waals surface area contributed by atoms with Crippen molar-refractivity contribution in [2.24, 2.45) is 0 Å². The molecular weight excluding hydrogens is 237 g/mol. The smallest absolute Gasteiger partial charge is 0.398 e. The van der Waals surface area contributed by atoms with Crippen LogP contribution in [0.5, 0.6) is 0 Å². The predicted octanol–water partition coefficient (Wildman–Crippen LogP) is 1.80. The largest absolute Gasteiger partial charge is 0.414 e. The highest BCUT2D eigenvalue weighted by molar-refractivity contribution is 5.94. The summed E-state index contributed by atoms with van der Waals surface area (Å²) in [5.74, 6) is -0.777. The summed E-state index contributed by atoms with van der Waals surface area (Å²) in [4.78, 5) is 15.4. The summed E-state index contributed by atoms with van der Waals surface area (Å²) >= 11 is 0. The Morgan fingerprint density at radius 2 is 2.12 bits per heavy atom. The lowest BCUT2D eigenvalue weighted by atomic mass is 10.1. The average Bonchev–Trinajstić information content (AvgIpc) is 2.20. The second kappa shape index (κ2) is 5.05. The average molecular weight is 248 g/mol. The van der Waals surface area contributed by atoms with Crippen LogP contribution in [0, 0.1) is 6.92 Å². The van der Waals surface area contributed by atoms with E-state index >= 15 is 0 Å². The number of hydroxylamine groups is 1. The van der Waals surface area contributed by atoms with Gasteiger partial charge < -0.3 is 5.73 Å². The predicted molar refractivity (Wildman–Crippen MR) is 55.1 cm³/mol. The van der Waals surface area contributed by atoms with E-state index in [1.165, 1.54) is 12.1 Å². The summed E-state index contributed by atoms with van der Waals surface area (Å²) in [7, 11) is 0. The van der Waals surface area contributed by atoms with E-state index in [-0.39, 0.29) is 5.56 Å². The molecule has 0 heterocycles. The SMILES string of the molecule is Cc1ccc(C(=O)NOCC(F)(F)F)cc1N. The van der Waals surface area contributed by atoms with E-state index in [2.05, 4.69) is 4.84 Å². The van der Waals surface area contributed by atoms with E-state index in [9.17, 15) is 18.0 Å². The third-order valence-electron chi connectivity index (χ3n) is 1.94. The molecule has 0 spiro atoms. The molecule has 1 aromatic rings. The van der Waals surface area contributed by atoms with Gasteiger partial charge in [0.1, 0.15) is 0 Å². The van der Waals surface area contributed by atoms with Crippen LogP contribution in [0.1, 0.15) is 15.9 Å². The first-order valence-electron chi connectivity index (χ1n) is 4.64. The van der Waals surface area contributed by atoms with E-state index in [0.717, 1.165) is 5.56 Å². The number of aryl methyl sites for hydroxylation is 1. The van der Waals surface area contributed by atoms with Crippen molar-refractivity contribution >= 4 is 11.6 Å². The molecule has 0 radical (unpaired) electrons. The number of rotatable bonds is 3. The fourth-order valence-electron chi connectivity index (χ4n) is 1.02. The molecule has 94 valence electrons. The molecule has 0 aromatic heterocycles. The second-order valence-electron chi connectivity index (χ2n) is 3.41. The number of alkyl halides is 3. The van der Waals surface area contributed by atoms with Crippen molar-refractivity contribution in [1.82, 2.24) is 5.48 Å². The van der Waals surface area contributed by atoms with Gasteiger partial charge in [0.25, 0.3) is 5.91 Å². The van der Waals surface area contributed by atoms with Gasteiger partial charge in [-0.2, -0.15) is 13.2 Å². The number of hydrogen-bond donors (Lipinski definition) is 2. The van der Waals surface area contributed by atoms with Crippen LogP contribution in [-0.4, -0.2) is 18.7 Å². The van der Waals surface area contributed by atoms with Gasteiger partial charge in [0.15, 0.2) is 6.61 Å². The maximum atomic E-state index is 11.7. The van der Waals surface area contributed by atoms with E-state index in [1.54, 1.807) is 18.5 Å². The van der Waals surface area contributed by atoms with Crippen LogP contribution in [-0.2, 0) is 4.84 Å². The van der Waals surface area contributed by atoms with Crippen molar-refractivity contribution in [3.8, 4) is 0 Å². The van der Waals surface area contributed by atoms with E-state index < -0.39 is 18.7 Å². The number of amides is 1. The van der Waals surface area contributed by atoms with Crippen molar-refractivity contribution in [2.75, 3.05) is 12.3 Å². The minimum absolute atomic E-state index is 0.135. The molecule has 0 aliphatic carbocycles. The molecule has 1 aromatic carbocycles. The Labute approximate surface area is 95.5 Å². The van der Waals surface area contributed by atoms with Crippen LogP contribution >= 0.6 is 0 Å². The summed E-state index contributed by atoms with van der Waals surface area (Å²) in [6.45, 7) is 0.206. The monoisotopic (exact) mass is 248 g/mol. The molecule has 0 atom stereocenters. The summed E-state index contributed by atoms with van der Waals surface area (Å²) in [6, 6.07) is 4.40. The zero-order valence-corrected chi connectivity index (χ0v) is 8.97. The number of nitrogens with one attached hydrogen (secondary N) is 1. The van der Waals surface area contributed by atoms with Gasteiger partial charge in [0, 0.05) is 11.3 Å². The maximum Gasteiger partial charge on any atom is 0.414 e. The van der Waals surface area contributed by atoms with E-state index in [0.29, 0.717) is 5.69 Å². The number of anilines is 1. The number of nitrogens with two attached hydrogens (primary N) is 1. The molecule has 4 nitrogen and oxygen atoms in total. The first-order valence-corrected chi connectivity index (χ1v) is 4.64. The molecule has 17 heavy (non-hydrogen) atoms. The molecule has 0 aliphatic rings. The highest BCUT2D eigenvalue weighted by Crippen LogP contribution is 2.15. The van der Waals surface area contributed by atoms with Crippen LogP contribution in [0.3, 0.4) is 0 Å². The Kier molecular flexibility index (Phi) is 3.95. The molecule has 0 unspecified atom stereocenters. The lowest BCUT2D eigenvalue weighted by Crippen LogP contribution is -2.29. The third-order valence-corrected chi connectivity index (χ3v) is 1.94. The van der Waals surface area contributed by atoms with Gasteiger partial charge in [-0.25, -0.2) is 5.48 Å². The number of carbonyl (C=O) groups excluding carboxylic acids is 1. The highest BCUT2D eigenvalue weighted by Gasteiger charge is 2.28. The Morgan fingerprint density at radius 3 is 2.65 bits per heavy atom. The topological polar surface area (TPSA) is 64.3 Å². The van der Waals surface area contributed by atoms with Crippen molar-refractivity contribution in [2.45, 2.75) is 13.1 Å². The van der Waals surface area contributed by atoms with E-state index in [4.69, 9.17) is 5.73 Å². The van der Waals surface area contributed by atoms with Gasteiger partial charge in [-0.15, -0.1) is 0 Å². The number of hydrogen-bond acceptors (Lipinski definition) is 3. The van der Waals surface area contributed by atoms with Gasteiger partial charge in [-0.3, -0.25) is 9.63 Å². The van der Waals surface area contributed by atoms with Crippen LogP contribution in [0.15, 0.2) is 18.2 Å². The first kappa shape index (κ1) is 13.3. The zero-order valence-electron chi connectivity index (χ0n) is 8.97. The molecule has 0 fully saturated rings. The highest BCUT2D eigenvalue weighted by atomic mass is 19.4.